The fraction of sp³-hybridized carbons (Fsp3) is 0.158. The van der Waals surface area contributed by atoms with E-state index in [-0.39, 0.29) is 6.79 Å². The van der Waals surface area contributed by atoms with Crippen LogP contribution in [0.4, 0.5) is 23.0 Å². The molecule has 0 amide bonds. The molecule has 0 saturated heterocycles. The molecule has 0 saturated carbocycles. The Morgan fingerprint density at radius 2 is 1.74 bits per heavy atom. The van der Waals surface area contributed by atoms with Gasteiger partial charge in [0.1, 0.15) is 23.2 Å². The molecule has 1 aliphatic heterocycles. The molecule has 0 unspecified atom stereocenters. The summed E-state index contributed by atoms with van der Waals surface area (Å²) in [6.07, 6.45) is 0. The summed E-state index contributed by atoms with van der Waals surface area (Å²) in [6, 6.07) is 12.8. The van der Waals surface area contributed by atoms with E-state index < -0.39 is 0 Å². The minimum absolute atomic E-state index is 0.237. The highest BCUT2D eigenvalue weighted by Crippen LogP contribution is 2.35. The molecule has 0 bridgehead atoms. The standard InChI is InChI=1S/C19H17ClN4O3/c1-11-21-18(23-13-4-6-16-17(8-13)27-10-26-16)9-19(22-11)24-14-7-12(20)3-5-15(14)25-2/h3-9H,10H2,1-2H3,(H2,21,22,23,24). The molecule has 0 aliphatic carbocycles. The van der Waals surface area contributed by atoms with E-state index in [0.717, 1.165) is 17.1 Å². The molecule has 0 fully saturated rings. The highest BCUT2D eigenvalue weighted by atomic mass is 35.5. The van der Waals surface area contributed by atoms with Crippen molar-refractivity contribution in [3.63, 3.8) is 0 Å². The molecule has 0 atom stereocenters. The van der Waals surface area contributed by atoms with Gasteiger partial charge >= 0.3 is 0 Å². The molecular weight excluding hydrogens is 368 g/mol. The van der Waals surface area contributed by atoms with Gasteiger partial charge in [0.15, 0.2) is 11.5 Å². The minimum Gasteiger partial charge on any atom is -0.495 e. The van der Waals surface area contributed by atoms with Crippen molar-refractivity contribution in [2.45, 2.75) is 6.92 Å². The number of methoxy groups -OCH3 is 1. The van der Waals surface area contributed by atoms with E-state index in [9.17, 15) is 0 Å². The number of benzene rings is 2. The number of ether oxygens (including phenoxy) is 3. The zero-order valence-electron chi connectivity index (χ0n) is 14.7. The molecule has 0 radical (unpaired) electrons. The molecule has 2 N–H and O–H groups in total. The van der Waals surface area contributed by atoms with Crippen LogP contribution >= 0.6 is 11.6 Å². The SMILES string of the molecule is COc1ccc(Cl)cc1Nc1cc(Nc2ccc3c(c2)OCO3)nc(C)n1. The quantitative estimate of drug-likeness (QED) is 0.662. The van der Waals surface area contributed by atoms with Crippen molar-refractivity contribution in [1.29, 1.82) is 0 Å². The van der Waals surface area contributed by atoms with E-state index in [2.05, 4.69) is 20.6 Å². The first-order chi connectivity index (χ1) is 13.1. The van der Waals surface area contributed by atoms with E-state index >= 15 is 0 Å². The third kappa shape index (κ3) is 3.83. The fourth-order valence-corrected chi connectivity index (χ4v) is 2.91. The Balaban J connectivity index is 1.59. The zero-order chi connectivity index (χ0) is 18.8. The van der Waals surface area contributed by atoms with Crippen LogP contribution in [-0.4, -0.2) is 23.9 Å². The fourth-order valence-electron chi connectivity index (χ4n) is 2.73. The maximum absolute atomic E-state index is 6.09. The second-order valence-corrected chi connectivity index (χ2v) is 6.28. The van der Waals surface area contributed by atoms with Crippen LogP contribution < -0.4 is 24.8 Å². The van der Waals surface area contributed by atoms with Crippen LogP contribution in [0.3, 0.4) is 0 Å². The summed E-state index contributed by atoms with van der Waals surface area (Å²) in [5.74, 6) is 3.98. The van der Waals surface area contributed by atoms with Gasteiger partial charge in [-0.05, 0) is 37.3 Å². The predicted molar refractivity (Wildman–Crippen MR) is 104 cm³/mol. The Hall–Kier alpha value is -3.19. The molecule has 27 heavy (non-hydrogen) atoms. The number of aryl methyl sites for hydroxylation is 1. The Kier molecular flexibility index (Phi) is 4.60. The largest absolute Gasteiger partial charge is 0.495 e. The van der Waals surface area contributed by atoms with Crippen LogP contribution in [0.25, 0.3) is 0 Å². The number of aromatic nitrogens is 2. The normalized spacial score (nSPS) is 12.0. The molecule has 7 nitrogen and oxygen atoms in total. The van der Waals surface area contributed by atoms with Crippen LogP contribution in [0.1, 0.15) is 5.82 Å². The van der Waals surface area contributed by atoms with Gasteiger partial charge in [-0.25, -0.2) is 9.97 Å². The smallest absolute Gasteiger partial charge is 0.231 e. The lowest BCUT2D eigenvalue weighted by atomic mass is 10.2. The van der Waals surface area contributed by atoms with Crippen LogP contribution in [0.2, 0.25) is 5.02 Å². The second kappa shape index (κ2) is 7.20. The molecule has 138 valence electrons. The first-order valence-corrected chi connectivity index (χ1v) is 8.61. The average molecular weight is 385 g/mol. The summed E-state index contributed by atoms with van der Waals surface area (Å²) in [4.78, 5) is 8.86. The van der Waals surface area contributed by atoms with Crippen molar-refractivity contribution in [2.24, 2.45) is 0 Å². The van der Waals surface area contributed by atoms with Crippen LogP contribution in [0, 0.1) is 6.92 Å². The Morgan fingerprint density at radius 3 is 2.56 bits per heavy atom. The molecule has 2 heterocycles. The highest BCUT2D eigenvalue weighted by molar-refractivity contribution is 6.31. The lowest BCUT2D eigenvalue weighted by Gasteiger charge is -2.13. The van der Waals surface area contributed by atoms with Gasteiger partial charge in [0.2, 0.25) is 6.79 Å². The zero-order valence-corrected chi connectivity index (χ0v) is 15.5. The number of fused-ring (bicyclic) bond motifs is 1. The Morgan fingerprint density at radius 1 is 0.963 bits per heavy atom. The van der Waals surface area contributed by atoms with E-state index in [4.69, 9.17) is 25.8 Å². The average Bonchev–Trinajstić information content (AvgIpc) is 3.09. The molecule has 0 spiro atoms. The van der Waals surface area contributed by atoms with Crippen LogP contribution in [-0.2, 0) is 0 Å². The first-order valence-electron chi connectivity index (χ1n) is 8.23. The van der Waals surface area contributed by atoms with E-state index in [1.54, 1.807) is 31.4 Å². The summed E-state index contributed by atoms with van der Waals surface area (Å²) in [6.45, 7) is 2.06. The molecule has 2 aromatic carbocycles. The van der Waals surface area contributed by atoms with Crippen molar-refractivity contribution < 1.29 is 14.2 Å². The minimum atomic E-state index is 0.237. The third-order valence-electron chi connectivity index (χ3n) is 3.91. The van der Waals surface area contributed by atoms with Gasteiger partial charge in [-0.1, -0.05) is 11.6 Å². The monoisotopic (exact) mass is 384 g/mol. The number of nitrogens with zero attached hydrogens (tertiary/aromatic N) is 2. The number of rotatable bonds is 5. The van der Waals surface area contributed by atoms with Crippen LogP contribution in [0.15, 0.2) is 42.5 Å². The van der Waals surface area contributed by atoms with Gasteiger partial charge in [-0.3, -0.25) is 0 Å². The van der Waals surface area contributed by atoms with Gasteiger partial charge in [-0.2, -0.15) is 0 Å². The summed E-state index contributed by atoms with van der Waals surface area (Å²) in [5, 5.41) is 7.08. The summed E-state index contributed by atoms with van der Waals surface area (Å²) in [7, 11) is 1.60. The molecule has 1 aliphatic rings. The number of hydrogen-bond acceptors (Lipinski definition) is 7. The van der Waals surface area contributed by atoms with Gasteiger partial charge < -0.3 is 24.8 Å². The van der Waals surface area contributed by atoms with Crippen molar-refractivity contribution in [1.82, 2.24) is 9.97 Å². The molecule has 1 aromatic heterocycles. The molecule has 3 aromatic rings. The van der Waals surface area contributed by atoms with Crippen molar-refractivity contribution in [3.8, 4) is 17.2 Å². The Labute approximate surface area is 161 Å². The van der Waals surface area contributed by atoms with Crippen molar-refractivity contribution in [3.05, 3.63) is 53.3 Å². The van der Waals surface area contributed by atoms with Gasteiger partial charge in [0, 0.05) is 22.8 Å². The predicted octanol–water partition coefficient (Wildman–Crippen LogP) is 4.66. The van der Waals surface area contributed by atoms with Crippen molar-refractivity contribution >= 4 is 34.6 Å². The second-order valence-electron chi connectivity index (χ2n) is 5.85. The summed E-state index contributed by atoms with van der Waals surface area (Å²) >= 11 is 6.09. The lowest BCUT2D eigenvalue weighted by Crippen LogP contribution is -2.02. The maximum Gasteiger partial charge on any atom is 0.231 e. The topological polar surface area (TPSA) is 77.5 Å². The molecule has 8 heteroatoms. The van der Waals surface area contributed by atoms with Gasteiger partial charge in [0.25, 0.3) is 0 Å². The number of hydrogen-bond donors (Lipinski definition) is 2. The van der Waals surface area contributed by atoms with E-state index in [1.807, 2.05) is 25.1 Å². The molecule has 4 rings (SSSR count). The first kappa shape index (κ1) is 17.2. The lowest BCUT2D eigenvalue weighted by molar-refractivity contribution is 0.174. The van der Waals surface area contributed by atoms with Gasteiger partial charge in [0.05, 0.1) is 12.8 Å². The van der Waals surface area contributed by atoms with Crippen LogP contribution in [0.5, 0.6) is 17.2 Å². The third-order valence-corrected chi connectivity index (χ3v) is 4.14. The van der Waals surface area contributed by atoms with E-state index in [1.165, 1.54) is 0 Å². The molecular formula is C19H17ClN4O3. The number of halogens is 1. The van der Waals surface area contributed by atoms with Crippen molar-refractivity contribution in [2.75, 3.05) is 24.5 Å². The maximum atomic E-state index is 6.09. The number of anilines is 4. The summed E-state index contributed by atoms with van der Waals surface area (Å²) < 4.78 is 16.1. The highest BCUT2D eigenvalue weighted by Gasteiger charge is 2.14. The Bertz CT molecular complexity index is 997. The summed E-state index contributed by atoms with van der Waals surface area (Å²) in [5.41, 5.74) is 1.56. The van der Waals surface area contributed by atoms with E-state index in [0.29, 0.717) is 34.0 Å². The number of nitrogens with one attached hydrogen (secondary N) is 2. The van der Waals surface area contributed by atoms with Gasteiger partial charge in [-0.15, -0.1) is 0 Å².